The van der Waals surface area contributed by atoms with Gasteiger partial charge in [-0.3, -0.25) is 0 Å². The van der Waals surface area contributed by atoms with Crippen LogP contribution in [-0.2, 0) is 0 Å². The summed E-state index contributed by atoms with van der Waals surface area (Å²) in [6.45, 7) is 0. The quantitative estimate of drug-likeness (QED) is 0.459. The van der Waals surface area contributed by atoms with Crippen LogP contribution in [-0.4, -0.2) is 28.7 Å². The molecule has 1 amide bonds. The highest BCUT2D eigenvalue weighted by Gasteiger charge is 2.14. The highest BCUT2D eigenvalue weighted by Crippen LogP contribution is 2.16. The second-order valence-corrected chi connectivity index (χ2v) is 5.19. The molecule has 0 atom stereocenters. The van der Waals surface area contributed by atoms with Crippen LogP contribution in [0.2, 0.25) is 0 Å². The average Bonchev–Trinajstić information content (AvgIpc) is 2.31. The van der Waals surface area contributed by atoms with Crippen molar-refractivity contribution < 1.29 is 9.90 Å². The zero-order valence-corrected chi connectivity index (χ0v) is 12.2. The molecule has 0 heterocycles. The van der Waals surface area contributed by atoms with Crippen molar-refractivity contribution in [3.05, 3.63) is 0 Å². The van der Waals surface area contributed by atoms with Crippen molar-refractivity contribution >= 4 is 31.4 Å². The van der Waals surface area contributed by atoms with Crippen LogP contribution in [0.4, 0.5) is 4.79 Å². The highest BCUT2D eigenvalue weighted by atomic mass is 32.1. The summed E-state index contributed by atoms with van der Waals surface area (Å²) < 4.78 is 0. The van der Waals surface area contributed by atoms with E-state index in [1.807, 2.05) is 0 Å². The van der Waals surface area contributed by atoms with Crippen molar-refractivity contribution in [1.82, 2.24) is 5.32 Å². The molecule has 0 aliphatic heterocycles. The Morgan fingerprint density at radius 3 is 2.00 bits per heavy atom. The number of hydrogen-bond donors (Lipinski definition) is 4. The molecule has 17 heavy (non-hydrogen) atoms. The van der Waals surface area contributed by atoms with Crippen LogP contribution < -0.4 is 5.32 Å². The fourth-order valence-electron chi connectivity index (χ4n) is 1.82. The van der Waals surface area contributed by atoms with Gasteiger partial charge in [-0.2, -0.15) is 25.3 Å². The maximum Gasteiger partial charge on any atom is 0.404 e. The van der Waals surface area contributed by atoms with Gasteiger partial charge in [0.2, 0.25) is 0 Å². The van der Waals surface area contributed by atoms with E-state index in [2.05, 4.69) is 30.6 Å². The summed E-state index contributed by atoms with van der Waals surface area (Å²) in [5.41, 5.74) is 0. The summed E-state index contributed by atoms with van der Waals surface area (Å²) in [7, 11) is 0. The Labute approximate surface area is 116 Å². The van der Waals surface area contributed by atoms with Gasteiger partial charge in [0.05, 0.1) is 0 Å². The summed E-state index contributed by atoms with van der Waals surface area (Å²) in [6, 6.07) is 0.228. The lowest BCUT2D eigenvalue weighted by molar-refractivity contribution is 0.186. The third-order valence-electron chi connectivity index (χ3n) is 2.75. The molecule has 102 valence electrons. The van der Waals surface area contributed by atoms with Gasteiger partial charge in [-0.05, 0) is 37.2 Å². The largest absolute Gasteiger partial charge is 0.465 e. The van der Waals surface area contributed by atoms with Gasteiger partial charge >= 0.3 is 6.09 Å². The topological polar surface area (TPSA) is 49.3 Å². The number of carboxylic acid groups (broad SMARTS) is 1. The number of carbonyl (C=O) groups is 1. The number of nitrogens with one attached hydrogen (secondary N) is 1. The van der Waals surface area contributed by atoms with Gasteiger partial charge in [-0.1, -0.05) is 25.7 Å². The van der Waals surface area contributed by atoms with Crippen LogP contribution >= 0.6 is 25.3 Å². The summed E-state index contributed by atoms with van der Waals surface area (Å²) in [5, 5.41) is 10.9. The van der Waals surface area contributed by atoms with Crippen LogP contribution in [0.25, 0.3) is 0 Å². The van der Waals surface area contributed by atoms with Crippen molar-refractivity contribution in [2.24, 2.45) is 0 Å². The molecule has 0 spiro atoms. The highest BCUT2D eigenvalue weighted by molar-refractivity contribution is 7.80. The molecular formula is C12H25NO2S2. The molecular weight excluding hydrogens is 254 g/mol. The Bertz CT molecular complexity index is 181. The third kappa shape index (κ3) is 12.2. The molecule has 0 bridgehead atoms. The Morgan fingerprint density at radius 2 is 1.59 bits per heavy atom. The standard InChI is InChI=1S/C7H13NO2.C5H12S2/c9-7(10)8-6-4-2-1-3-5-6;6-4-2-1-3-5-7/h6,8H,1-5H2,(H,9,10);6-7H,1-5H2. The molecule has 0 unspecified atom stereocenters. The van der Waals surface area contributed by atoms with Gasteiger partial charge in [-0.25, -0.2) is 4.79 Å². The van der Waals surface area contributed by atoms with Crippen molar-refractivity contribution in [2.75, 3.05) is 11.5 Å². The minimum absolute atomic E-state index is 0.228. The molecule has 0 aromatic heterocycles. The van der Waals surface area contributed by atoms with Crippen molar-refractivity contribution in [3.8, 4) is 0 Å². The van der Waals surface area contributed by atoms with Crippen molar-refractivity contribution in [2.45, 2.75) is 57.4 Å². The monoisotopic (exact) mass is 279 g/mol. The maximum atomic E-state index is 10.2. The molecule has 1 rings (SSSR count). The lowest BCUT2D eigenvalue weighted by atomic mass is 9.96. The Balaban J connectivity index is 0.000000325. The number of rotatable bonds is 5. The summed E-state index contributed by atoms with van der Waals surface area (Å²) >= 11 is 8.14. The molecule has 5 heteroatoms. The Kier molecular flexibility index (Phi) is 12.4. The molecule has 3 nitrogen and oxygen atoms in total. The maximum absolute atomic E-state index is 10.2. The number of hydrogen-bond acceptors (Lipinski definition) is 3. The van der Waals surface area contributed by atoms with E-state index < -0.39 is 6.09 Å². The van der Waals surface area contributed by atoms with Gasteiger partial charge in [0.1, 0.15) is 0 Å². The minimum Gasteiger partial charge on any atom is -0.465 e. The summed E-state index contributed by atoms with van der Waals surface area (Å²) in [5.74, 6) is 2.04. The van der Waals surface area contributed by atoms with E-state index in [1.165, 1.54) is 38.5 Å². The third-order valence-corrected chi connectivity index (χ3v) is 3.38. The Hall–Kier alpha value is -0.0300. The molecule has 2 N–H and O–H groups in total. The molecule has 1 saturated carbocycles. The Morgan fingerprint density at radius 1 is 1.06 bits per heavy atom. The lowest BCUT2D eigenvalue weighted by Crippen LogP contribution is -2.34. The van der Waals surface area contributed by atoms with E-state index in [0.717, 1.165) is 24.3 Å². The minimum atomic E-state index is -0.882. The SMILES string of the molecule is O=C(O)NC1CCCCC1.SCCCCCS. The molecule has 1 aliphatic rings. The van der Waals surface area contributed by atoms with Gasteiger partial charge in [0, 0.05) is 6.04 Å². The first kappa shape index (κ1) is 17.0. The van der Waals surface area contributed by atoms with E-state index in [-0.39, 0.29) is 6.04 Å². The number of amides is 1. The lowest BCUT2D eigenvalue weighted by Gasteiger charge is -2.20. The van der Waals surface area contributed by atoms with Crippen molar-refractivity contribution in [1.29, 1.82) is 0 Å². The average molecular weight is 279 g/mol. The summed E-state index contributed by atoms with van der Waals surface area (Å²) in [4.78, 5) is 10.2. The summed E-state index contributed by atoms with van der Waals surface area (Å²) in [6.07, 6.45) is 8.53. The molecule has 0 saturated heterocycles. The number of unbranched alkanes of at least 4 members (excludes halogenated alkanes) is 2. The van der Waals surface area contributed by atoms with E-state index in [9.17, 15) is 4.79 Å². The van der Waals surface area contributed by atoms with Gasteiger partial charge in [0.25, 0.3) is 0 Å². The normalized spacial score (nSPS) is 15.9. The zero-order valence-electron chi connectivity index (χ0n) is 10.4. The van der Waals surface area contributed by atoms with E-state index in [0.29, 0.717) is 0 Å². The molecule has 1 aliphatic carbocycles. The first-order valence-electron chi connectivity index (χ1n) is 6.42. The second-order valence-electron chi connectivity index (χ2n) is 4.29. The van der Waals surface area contributed by atoms with E-state index >= 15 is 0 Å². The fourth-order valence-corrected chi connectivity index (χ4v) is 2.27. The van der Waals surface area contributed by atoms with Crippen LogP contribution in [0.5, 0.6) is 0 Å². The second kappa shape index (κ2) is 12.4. The molecule has 0 radical (unpaired) electrons. The smallest absolute Gasteiger partial charge is 0.404 e. The number of thiol groups is 2. The van der Waals surface area contributed by atoms with Crippen LogP contribution in [0.15, 0.2) is 0 Å². The van der Waals surface area contributed by atoms with Gasteiger partial charge in [-0.15, -0.1) is 0 Å². The predicted octanol–water partition coefficient (Wildman–Crippen LogP) is 3.60. The fraction of sp³-hybridized carbons (Fsp3) is 0.917. The van der Waals surface area contributed by atoms with Crippen LogP contribution in [0.1, 0.15) is 51.4 Å². The molecule has 0 aromatic rings. The first-order chi connectivity index (χ1) is 8.20. The predicted molar refractivity (Wildman–Crippen MR) is 79.6 cm³/mol. The van der Waals surface area contributed by atoms with Crippen molar-refractivity contribution in [3.63, 3.8) is 0 Å². The van der Waals surface area contributed by atoms with Gasteiger partial charge in [0.15, 0.2) is 0 Å². The molecule has 0 aromatic carbocycles. The first-order valence-corrected chi connectivity index (χ1v) is 7.68. The van der Waals surface area contributed by atoms with Gasteiger partial charge < -0.3 is 10.4 Å². The zero-order chi connectivity index (χ0) is 12.9. The van der Waals surface area contributed by atoms with Crippen LogP contribution in [0.3, 0.4) is 0 Å². The van der Waals surface area contributed by atoms with E-state index in [1.54, 1.807) is 0 Å². The van der Waals surface area contributed by atoms with Crippen LogP contribution in [0, 0.1) is 0 Å². The van der Waals surface area contributed by atoms with E-state index in [4.69, 9.17) is 5.11 Å². The molecule has 1 fully saturated rings.